The normalized spacial score (nSPS) is 12.5. The summed E-state index contributed by atoms with van der Waals surface area (Å²) in [6, 6.07) is 9.26. The molecule has 0 saturated carbocycles. The van der Waals surface area contributed by atoms with Gasteiger partial charge < -0.3 is 0 Å². The zero-order chi connectivity index (χ0) is 15.3. The van der Waals surface area contributed by atoms with Crippen molar-refractivity contribution in [3.05, 3.63) is 35.4 Å². The molecule has 0 heterocycles. The van der Waals surface area contributed by atoms with E-state index in [0.29, 0.717) is 6.04 Å². The third kappa shape index (κ3) is 7.63. The zero-order valence-electron chi connectivity index (χ0n) is 14.0. The van der Waals surface area contributed by atoms with E-state index in [-0.39, 0.29) is 0 Å². The summed E-state index contributed by atoms with van der Waals surface area (Å²) >= 11 is 0. The van der Waals surface area contributed by atoms with Crippen LogP contribution in [-0.4, -0.2) is 0 Å². The molecule has 0 amide bonds. The molecule has 0 bridgehead atoms. The van der Waals surface area contributed by atoms with Crippen LogP contribution in [0.4, 0.5) is 0 Å². The van der Waals surface area contributed by atoms with Crippen LogP contribution in [0.5, 0.6) is 0 Å². The first kappa shape index (κ1) is 18.2. The molecule has 1 unspecified atom stereocenters. The average molecular weight is 290 g/mol. The first-order chi connectivity index (χ1) is 10.3. The molecule has 21 heavy (non-hydrogen) atoms. The SMILES string of the molecule is CCCCCCCCCC(NN)c1ccc(CCC)cc1. The van der Waals surface area contributed by atoms with Crippen LogP contribution in [0, 0.1) is 0 Å². The largest absolute Gasteiger partial charge is 0.271 e. The van der Waals surface area contributed by atoms with Gasteiger partial charge in [-0.15, -0.1) is 0 Å². The molecule has 0 aliphatic rings. The summed E-state index contributed by atoms with van der Waals surface area (Å²) in [5.74, 6) is 5.73. The minimum absolute atomic E-state index is 0.302. The highest BCUT2D eigenvalue weighted by atomic mass is 15.2. The van der Waals surface area contributed by atoms with Crippen molar-refractivity contribution >= 4 is 0 Å². The van der Waals surface area contributed by atoms with E-state index in [2.05, 4.69) is 43.5 Å². The lowest BCUT2D eigenvalue weighted by molar-refractivity contribution is 0.475. The van der Waals surface area contributed by atoms with Crippen LogP contribution >= 0.6 is 0 Å². The van der Waals surface area contributed by atoms with Crippen molar-refractivity contribution in [3.63, 3.8) is 0 Å². The maximum atomic E-state index is 5.73. The molecular weight excluding hydrogens is 256 g/mol. The third-order valence-electron chi connectivity index (χ3n) is 4.22. The third-order valence-corrected chi connectivity index (χ3v) is 4.22. The number of rotatable bonds is 12. The maximum absolute atomic E-state index is 5.73. The quantitative estimate of drug-likeness (QED) is 0.312. The van der Waals surface area contributed by atoms with Gasteiger partial charge in [0, 0.05) is 6.04 Å². The van der Waals surface area contributed by atoms with E-state index in [9.17, 15) is 0 Å². The Morgan fingerprint density at radius 3 is 2.05 bits per heavy atom. The summed E-state index contributed by atoms with van der Waals surface area (Å²) in [6.45, 7) is 4.49. The second kappa shape index (κ2) is 11.8. The Morgan fingerprint density at radius 2 is 1.48 bits per heavy atom. The predicted molar refractivity (Wildman–Crippen MR) is 93.1 cm³/mol. The van der Waals surface area contributed by atoms with Gasteiger partial charge in [0.15, 0.2) is 0 Å². The fraction of sp³-hybridized carbons (Fsp3) is 0.684. The number of hydrogen-bond acceptors (Lipinski definition) is 2. The van der Waals surface area contributed by atoms with E-state index in [0.717, 1.165) is 6.42 Å². The summed E-state index contributed by atoms with van der Waals surface area (Å²) < 4.78 is 0. The summed E-state index contributed by atoms with van der Waals surface area (Å²) in [5, 5.41) is 0. The molecule has 0 fully saturated rings. The second-order valence-corrected chi connectivity index (χ2v) is 6.12. The Morgan fingerprint density at radius 1 is 0.857 bits per heavy atom. The van der Waals surface area contributed by atoms with Crippen molar-refractivity contribution in [2.75, 3.05) is 0 Å². The maximum Gasteiger partial charge on any atom is 0.0460 e. The number of unbranched alkanes of at least 4 members (excludes halogenated alkanes) is 6. The Labute approximate surface area is 131 Å². The summed E-state index contributed by atoms with van der Waals surface area (Å²) in [7, 11) is 0. The minimum atomic E-state index is 0.302. The Kier molecular flexibility index (Phi) is 10.2. The molecule has 3 N–H and O–H groups in total. The smallest absolute Gasteiger partial charge is 0.0460 e. The number of nitrogens with two attached hydrogens (primary N) is 1. The lowest BCUT2D eigenvalue weighted by Crippen LogP contribution is -2.27. The lowest BCUT2D eigenvalue weighted by atomic mass is 9.98. The van der Waals surface area contributed by atoms with Gasteiger partial charge in [0.2, 0.25) is 0 Å². The molecule has 2 heteroatoms. The molecule has 0 spiro atoms. The molecule has 0 aliphatic heterocycles. The van der Waals surface area contributed by atoms with Crippen LogP contribution in [-0.2, 0) is 6.42 Å². The minimum Gasteiger partial charge on any atom is -0.271 e. The number of aryl methyl sites for hydroxylation is 1. The monoisotopic (exact) mass is 290 g/mol. The van der Waals surface area contributed by atoms with Gasteiger partial charge in [-0.05, 0) is 24.0 Å². The molecule has 0 aliphatic carbocycles. The number of hydrazine groups is 1. The number of hydrogen-bond donors (Lipinski definition) is 2. The molecule has 2 nitrogen and oxygen atoms in total. The van der Waals surface area contributed by atoms with Crippen LogP contribution in [0.2, 0.25) is 0 Å². The Bertz CT molecular complexity index is 345. The van der Waals surface area contributed by atoms with Gasteiger partial charge in [-0.2, -0.15) is 0 Å². The number of benzene rings is 1. The van der Waals surface area contributed by atoms with E-state index in [1.54, 1.807) is 0 Å². The van der Waals surface area contributed by atoms with Crippen molar-refractivity contribution < 1.29 is 0 Å². The predicted octanol–water partition coefficient (Wildman–Crippen LogP) is 5.28. The van der Waals surface area contributed by atoms with Gasteiger partial charge in [-0.3, -0.25) is 11.3 Å². The van der Waals surface area contributed by atoms with Crippen LogP contribution in [0.1, 0.15) is 88.8 Å². The zero-order valence-corrected chi connectivity index (χ0v) is 14.0. The Hall–Kier alpha value is -0.860. The first-order valence-electron chi connectivity index (χ1n) is 8.86. The second-order valence-electron chi connectivity index (χ2n) is 6.12. The average Bonchev–Trinajstić information content (AvgIpc) is 2.52. The molecule has 0 radical (unpaired) electrons. The molecule has 120 valence electrons. The van der Waals surface area contributed by atoms with Gasteiger partial charge in [0.05, 0.1) is 0 Å². The van der Waals surface area contributed by atoms with Gasteiger partial charge in [0.1, 0.15) is 0 Å². The molecule has 1 rings (SSSR count). The molecule has 1 aromatic rings. The van der Waals surface area contributed by atoms with Crippen molar-refractivity contribution in [1.82, 2.24) is 5.43 Å². The lowest BCUT2D eigenvalue weighted by Gasteiger charge is -2.16. The highest BCUT2D eigenvalue weighted by molar-refractivity contribution is 5.25. The number of nitrogens with one attached hydrogen (secondary N) is 1. The van der Waals surface area contributed by atoms with Crippen molar-refractivity contribution in [2.45, 2.75) is 84.1 Å². The Balaban J connectivity index is 2.27. The van der Waals surface area contributed by atoms with Gasteiger partial charge in [0.25, 0.3) is 0 Å². The highest BCUT2D eigenvalue weighted by Crippen LogP contribution is 2.20. The van der Waals surface area contributed by atoms with Gasteiger partial charge in [-0.1, -0.05) is 89.5 Å². The van der Waals surface area contributed by atoms with Gasteiger partial charge >= 0.3 is 0 Å². The standard InChI is InChI=1S/C19H34N2/c1-3-5-6-7-8-9-10-12-19(21-20)18-15-13-17(11-4-2)14-16-18/h13-16,19,21H,3-12,20H2,1-2H3. The first-order valence-corrected chi connectivity index (χ1v) is 8.86. The molecule has 1 aromatic carbocycles. The molecule has 0 aromatic heterocycles. The fourth-order valence-electron chi connectivity index (χ4n) is 2.86. The van der Waals surface area contributed by atoms with E-state index >= 15 is 0 Å². The molecular formula is C19H34N2. The van der Waals surface area contributed by atoms with E-state index in [4.69, 9.17) is 5.84 Å². The van der Waals surface area contributed by atoms with Crippen LogP contribution < -0.4 is 11.3 Å². The topological polar surface area (TPSA) is 38.0 Å². The summed E-state index contributed by atoms with van der Waals surface area (Å²) in [5.41, 5.74) is 5.73. The highest BCUT2D eigenvalue weighted by Gasteiger charge is 2.08. The van der Waals surface area contributed by atoms with Crippen LogP contribution in [0.3, 0.4) is 0 Å². The van der Waals surface area contributed by atoms with E-state index < -0.39 is 0 Å². The van der Waals surface area contributed by atoms with Gasteiger partial charge in [-0.25, -0.2) is 0 Å². The van der Waals surface area contributed by atoms with Crippen LogP contribution in [0.15, 0.2) is 24.3 Å². The molecule has 0 saturated heterocycles. The molecule has 1 atom stereocenters. The summed E-state index contributed by atoms with van der Waals surface area (Å²) in [4.78, 5) is 0. The fourth-order valence-corrected chi connectivity index (χ4v) is 2.86. The van der Waals surface area contributed by atoms with Crippen LogP contribution in [0.25, 0.3) is 0 Å². The van der Waals surface area contributed by atoms with Crippen molar-refractivity contribution in [1.29, 1.82) is 0 Å². The van der Waals surface area contributed by atoms with E-state index in [1.165, 1.54) is 68.9 Å². The van der Waals surface area contributed by atoms with Crippen molar-refractivity contribution in [3.8, 4) is 0 Å². The van der Waals surface area contributed by atoms with Crippen molar-refractivity contribution in [2.24, 2.45) is 5.84 Å². The van der Waals surface area contributed by atoms with E-state index in [1.807, 2.05) is 0 Å². The summed E-state index contributed by atoms with van der Waals surface area (Å²) in [6.07, 6.45) is 13.0.